The largest absolute Gasteiger partial charge is 0.325 e. The third-order valence-corrected chi connectivity index (χ3v) is 5.40. The monoisotopic (exact) mass is 370 g/mol. The minimum atomic E-state index is -3.81. The van der Waals surface area contributed by atoms with Crippen molar-refractivity contribution in [2.45, 2.75) is 16.7 Å². The Bertz CT molecular complexity index is 838. The van der Waals surface area contributed by atoms with E-state index in [0.717, 1.165) is 4.90 Å². The number of carbonyl (C=O) groups excluding carboxylic acids is 1. The predicted octanol–water partition coefficient (Wildman–Crippen LogP) is 3.82. The van der Waals surface area contributed by atoms with Crippen molar-refractivity contribution in [3.63, 3.8) is 0 Å². The summed E-state index contributed by atoms with van der Waals surface area (Å²) in [6.45, 7) is 1.37. The number of hydrogen-bond donors (Lipinski definition) is 2. The van der Waals surface area contributed by atoms with Crippen LogP contribution in [-0.4, -0.2) is 20.6 Å². The number of benzene rings is 2. The molecule has 2 N–H and O–H groups in total. The highest BCUT2D eigenvalue weighted by Gasteiger charge is 2.17. The van der Waals surface area contributed by atoms with Gasteiger partial charge in [0.1, 0.15) is 0 Å². The summed E-state index contributed by atoms with van der Waals surface area (Å²) < 4.78 is 27.4. The fourth-order valence-corrected chi connectivity index (χ4v) is 3.77. The van der Waals surface area contributed by atoms with Crippen molar-refractivity contribution in [2.75, 3.05) is 16.3 Å². The fraction of sp³-hybridized carbons (Fsp3) is 0.133. The lowest BCUT2D eigenvalue weighted by atomic mass is 10.3. The highest BCUT2D eigenvalue weighted by atomic mass is 35.5. The first kappa shape index (κ1) is 17.7. The van der Waals surface area contributed by atoms with Gasteiger partial charge in [0.05, 0.1) is 21.3 Å². The van der Waals surface area contributed by atoms with Crippen molar-refractivity contribution in [3.05, 3.63) is 47.5 Å². The van der Waals surface area contributed by atoms with E-state index >= 15 is 0 Å². The molecule has 0 aliphatic rings. The van der Waals surface area contributed by atoms with Crippen molar-refractivity contribution in [3.8, 4) is 0 Å². The minimum absolute atomic E-state index is 0.0407. The molecule has 23 heavy (non-hydrogen) atoms. The van der Waals surface area contributed by atoms with Crippen LogP contribution in [0.25, 0.3) is 0 Å². The Morgan fingerprint density at radius 1 is 1.13 bits per heavy atom. The Labute approximate surface area is 144 Å². The molecule has 2 aromatic carbocycles. The molecule has 8 heteroatoms. The van der Waals surface area contributed by atoms with Crippen molar-refractivity contribution in [1.29, 1.82) is 0 Å². The van der Waals surface area contributed by atoms with Crippen molar-refractivity contribution in [2.24, 2.45) is 0 Å². The molecule has 122 valence electrons. The van der Waals surface area contributed by atoms with Gasteiger partial charge in [0, 0.05) is 11.8 Å². The first-order valence-corrected chi connectivity index (χ1v) is 9.65. The molecule has 5 nitrogen and oxygen atoms in total. The van der Waals surface area contributed by atoms with Gasteiger partial charge in [-0.15, -0.1) is 11.8 Å². The van der Waals surface area contributed by atoms with Gasteiger partial charge in [0.2, 0.25) is 5.91 Å². The molecule has 0 heterocycles. The van der Waals surface area contributed by atoms with E-state index in [9.17, 15) is 13.2 Å². The molecule has 0 saturated heterocycles. The second-order valence-corrected chi connectivity index (χ2v) is 7.57. The maximum absolute atomic E-state index is 12.5. The lowest BCUT2D eigenvalue weighted by molar-refractivity contribution is -0.114. The van der Waals surface area contributed by atoms with Crippen LogP contribution in [0, 0.1) is 0 Å². The van der Waals surface area contributed by atoms with Crippen LogP contribution in [0.1, 0.15) is 6.92 Å². The second-order valence-electron chi connectivity index (χ2n) is 4.63. The molecule has 0 saturated carbocycles. The van der Waals surface area contributed by atoms with Crippen LogP contribution in [0.3, 0.4) is 0 Å². The molecule has 0 atom stereocenters. The Hall–Kier alpha value is -1.70. The highest BCUT2D eigenvalue weighted by molar-refractivity contribution is 7.98. The molecule has 1 amide bonds. The zero-order valence-electron chi connectivity index (χ0n) is 12.5. The van der Waals surface area contributed by atoms with Gasteiger partial charge in [-0.05, 0) is 36.6 Å². The summed E-state index contributed by atoms with van der Waals surface area (Å²) in [4.78, 5) is 12.1. The molecule has 0 aliphatic carbocycles. The van der Waals surface area contributed by atoms with Crippen molar-refractivity contribution < 1.29 is 13.2 Å². The van der Waals surface area contributed by atoms with E-state index in [1.165, 1.54) is 30.8 Å². The maximum Gasteiger partial charge on any atom is 0.262 e. The van der Waals surface area contributed by atoms with Gasteiger partial charge in [-0.3, -0.25) is 9.52 Å². The topological polar surface area (TPSA) is 75.3 Å². The summed E-state index contributed by atoms with van der Waals surface area (Å²) in [6.07, 6.45) is 1.84. The van der Waals surface area contributed by atoms with Gasteiger partial charge in [0.25, 0.3) is 10.0 Å². The Balaban J connectivity index is 2.40. The number of sulfonamides is 1. The Morgan fingerprint density at radius 2 is 1.83 bits per heavy atom. The number of halogens is 1. The van der Waals surface area contributed by atoms with E-state index < -0.39 is 10.0 Å². The first-order valence-electron chi connectivity index (χ1n) is 6.56. The zero-order valence-corrected chi connectivity index (χ0v) is 14.8. The molecular formula is C15H15ClN2O3S2. The van der Waals surface area contributed by atoms with Crippen molar-refractivity contribution in [1.82, 2.24) is 0 Å². The third kappa shape index (κ3) is 4.40. The number of para-hydroxylation sites is 1. The van der Waals surface area contributed by atoms with E-state index in [4.69, 9.17) is 11.6 Å². The number of rotatable bonds is 5. The normalized spacial score (nSPS) is 11.1. The number of nitrogens with one attached hydrogen (secondary N) is 2. The number of amides is 1. The molecule has 2 aromatic rings. The van der Waals surface area contributed by atoms with Gasteiger partial charge < -0.3 is 5.32 Å². The fourth-order valence-electron chi connectivity index (χ4n) is 1.89. The zero-order chi connectivity index (χ0) is 17.0. The van der Waals surface area contributed by atoms with Crippen LogP contribution in [-0.2, 0) is 14.8 Å². The highest BCUT2D eigenvalue weighted by Crippen LogP contribution is 2.30. The van der Waals surface area contributed by atoms with Crippen LogP contribution in [0.4, 0.5) is 11.4 Å². The molecule has 2 rings (SSSR count). The maximum atomic E-state index is 12.5. The van der Waals surface area contributed by atoms with E-state index in [2.05, 4.69) is 10.0 Å². The van der Waals surface area contributed by atoms with Crippen LogP contribution >= 0.6 is 23.4 Å². The van der Waals surface area contributed by atoms with Crippen molar-refractivity contribution >= 4 is 50.7 Å². The summed E-state index contributed by atoms with van der Waals surface area (Å²) in [7, 11) is -3.81. The standard InChI is InChI=1S/C15H15ClN2O3S2/c1-10(19)17-14-9-11(7-8-15(14)22-2)23(20,21)18-13-6-4-3-5-12(13)16/h3-9,18H,1-2H3,(H,17,19). The average Bonchev–Trinajstić information content (AvgIpc) is 2.49. The minimum Gasteiger partial charge on any atom is -0.325 e. The molecule has 0 radical (unpaired) electrons. The van der Waals surface area contributed by atoms with E-state index in [-0.39, 0.29) is 10.8 Å². The summed E-state index contributed by atoms with van der Waals surface area (Å²) in [5.41, 5.74) is 0.747. The Morgan fingerprint density at radius 3 is 2.43 bits per heavy atom. The molecule has 0 aromatic heterocycles. The van der Waals surface area contributed by atoms with Gasteiger partial charge in [0.15, 0.2) is 0 Å². The number of hydrogen-bond acceptors (Lipinski definition) is 4. The SMILES string of the molecule is CSc1ccc(S(=O)(=O)Nc2ccccc2Cl)cc1NC(C)=O. The van der Waals surface area contributed by atoms with Crippen LogP contribution < -0.4 is 10.0 Å². The summed E-state index contributed by atoms with van der Waals surface area (Å²) >= 11 is 7.39. The Kier molecular flexibility index (Phi) is 5.56. The van der Waals surface area contributed by atoms with Gasteiger partial charge in [-0.25, -0.2) is 8.42 Å². The smallest absolute Gasteiger partial charge is 0.262 e. The number of thioether (sulfide) groups is 1. The molecular weight excluding hydrogens is 356 g/mol. The average molecular weight is 371 g/mol. The summed E-state index contributed by atoms with van der Waals surface area (Å²) in [5.74, 6) is -0.270. The second kappa shape index (κ2) is 7.25. The molecule has 0 aliphatic heterocycles. The first-order chi connectivity index (χ1) is 10.8. The van der Waals surface area contributed by atoms with Crippen LogP contribution in [0.15, 0.2) is 52.3 Å². The number of carbonyl (C=O) groups is 1. The van der Waals surface area contributed by atoms with Crippen LogP contribution in [0.5, 0.6) is 0 Å². The van der Waals surface area contributed by atoms with E-state index in [1.807, 2.05) is 6.26 Å². The summed E-state index contributed by atoms with van der Waals surface area (Å²) in [5, 5.41) is 2.94. The van der Waals surface area contributed by atoms with Gasteiger partial charge in [-0.2, -0.15) is 0 Å². The van der Waals surface area contributed by atoms with E-state index in [1.54, 1.807) is 30.3 Å². The van der Waals surface area contributed by atoms with Crippen LogP contribution in [0.2, 0.25) is 5.02 Å². The third-order valence-electron chi connectivity index (χ3n) is 2.91. The van der Waals surface area contributed by atoms with E-state index in [0.29, 0.717) is 16.4 Å². The molecule has 0 bridgehead atoms. The van der Waals surface area contributed by atoms with Gasteiger partial charge in [-0.1, -0.05) is 23.7 Å². The van der Waals surface area contributed by atoms with Gasteiger partial charge >= 0.3 is 0 Å². The quantitative estimate of drug-likeness (QED) is 0.784. The molecule has 0 spiro atoms. The number of anilines is 2. The molecule has 0 fully saturated rings. The lowest BCUT2D eigenvalue weighted by Crippen LogP contribution is -2.14. The lowest BCUT2D eigenvalue weighted by Gasteiger charge is -2.13. The summed E-state index contributed by atoms with van der Waals surface area (Å²) in [6, 6.07) is 11.1. The molecule has 0 unspecified atom stereocenters. The predicted molar refractivity (Wildman–Crippen MR) is 94.8 cm³/mol.